The van der Waals surface area contributed by atoms with Crippen LogP contribution in [0.2, 0.25) is 0 Å². The molecule has 0 N–H and O–H groups in total. The molecule has 0 fully saturated rings. The van der Waals surface area contributed by atoms with E-state index in [4.69, 9.17) is 6.57 Å². The molecule has 194 valence electrons. The van der Waals surface area contributed by atoms with Gasteiger partial charge in [-0.05, 0) is 71.1 Å². The van der Waals surface area contributed by atoms with Gasteiger partial charge in [0.1, 0.15) is 0 Å². The lowest BCUT2D eigenvalue weighted by Gasteiger charge is -2.12. The van der Waals surface area contributed by atoms with Gasteiger partial charge in [-0.15, -0.1) is 0 Å². The van der Waals surface area contributed by atoms with E-state index < -0.39 is 0 Å². The fraction of sp³-hybridized carbons (Fsp3) is 0. The van der Waals surface area contributed by atoms with Crippen molar-refractivity contribution in [3.8, 4) is 28.6 Å². The summed E-state index contributed by atoms with van der Waals surface area (Å²) >= 11 is 0. The van der Waals surface area contributed by atoms with Crippen LogP contribution in [-0.4, -0.2) is 9.13 Å². The second-order valence-corrected chi connectivity index (χ2v) is 10.4. The summed E-state index contributed by atoms with van der Waals surface area (Å²) in [5.74, 6) is 0. The lowest BCUT2D eigenvalue weighted by molar-refractivity contribution is 1.17. The predicted octanol–water partition coefficient (Wildman–Crippen LogP) is 9.97. The van der Waals surface area contributed by atoms with Gasteiger partial charge in [-0.1, -0.05) is 78.9 Å². The maximum atomic E-state index is 9.74. The molecule has 6 aromatic carbocycles. The molecule has 0 saturated heterocycles. The summed E-state index contributed by atoms with van der Waals surface area (Å²) in [5, 5.41) is 14.3. The van der Waals surface area contributed by atoms with Gasteiger partial charge in [0.25, 0.3) is 0 Å². The van der Waals surface area contributed by atoms with Gasteiger partial charge in [0.2, 0.25) is 0 Å². The molecule has 4 heteroatoms. The van der Waals surface area contributed by atoms with Crippen molar-refractivity contribution in [2.24, 2.45) is 0 Å². The molecule has 0 amide bonds. The van der Waals surface area contributed by atoms with Gasteiger partial charge in [-0.25, -0.2) is 4.85 Å². The molecule has 0 saturated carbocycles. The molecule has 2 heterocycles. The second kappa shape index (κ2) is 9.24. The fourth-order valence-corrected chi connectivity index (χ4v) is 6.40. The van der Waals surface area contributed by atoms with Crippen molar-refractivity contribution in [3.63, 3.8) is 0 Å². The first-order valence-corrected chi connectivity index (χ1v) is 13.8. The van der Waals surface area contributed by atoms with E-state index in [2.05, 4.69) is 117 Å². The zero-order valence-corrected chi connectivity index (χ0v) is 22.5. The van der Waals surface area contributed by atoms with Crippen LogP contribution >= 0.6 is 0 Å². The second-order valence-electron chi connectivity index (χ2n) is 10.4. The van der Waals surface area contributed by atoms with Crippen molar-refractivity contribution >= 4 is 49.3 Å². The summed E-state index contributed by atoms with van der Waals surface area (Å²) in [5.41, 5.74) is 9.74. The van der Waals surface area contributed by atoms with Crippen molar-refractivity contribution in [1.82, 2.24) is 9.13 Å². The van der Waals surface area contributed by atoms with Crippen LogP contribution in [-0.2, 0) is 0 Å². The molecule has 8 rings (SSSR count). The Kier molecular flexibility index (Phi) is 5.22. The molecule has 8 aromatic rings. The number of nitriles is 1. The fourth-order valence-electron chi connectivity index (χ4n) is 6.40. The molecule has 0 radical (unpaired) electrons. The Morgan fingerprint density at radius 1 is 0.571 bits per heavy atom. The average Bonchev–Trinajstić information content (AvgIpc) is 3.57. The van der Waals surface area contributed by atoms with Crippen molar-refractivity contribution in [3.05, 3.63) is 150 Å². The third kappa shape index (κ3) is 3.40. The number of hydrogen-bond acceptors (Lipinski definition) is 1. The van der Waals surface area contributed by atoms with Crippen LogP contribution in [0.5, 0.6) is 0 Å². The van der Waals surface area contributed by atoms with Crippen LogP contribution in [0.3, 0.4) is 0 Å². The predicted molar refractivity (Wildman–Crippen MR) is 172 cm³/mol. The van der Waals surface area contributed by atoms with Gasteiger partial charge in [-0.3, -0.25) is 0 Å². The van der Waals surface area contributed by atoms with E-state index in [-0.39, 0.29) is 0 Å². The number of aromatic nitrogens is 2. The minimum Gasteiger partial charge on any atom is -0.309 e. The summed E-state index contributed by atoms with van der Waals surface area (Å²) < 4.78 is 4.65. The maximum absolute atomic E-state index is 9.74. The van der Waals surface area contributed by atoms with E-state index in [1.54, 1.807) is 0 Å². The summed E-state index contributed by atoms with van der Waals surface area (Å²) in [6.45, 7) is 7.57. The Hall–Kier alpha value is -6.10. The van der Waals surface area contributed by atoms with E-state index in [0.717, 1.165) is 66.1 Å². The lowest BCUT2D eigenvalue weighted by atomic mass is 10.00. The highest BCUT2D eigenvalue weighted by molar-refractivity contribution is 6.16. The van der Waals surface area contributed by atoms with Crippen LogP contribution in [0.25, 0.3) is 71.0 Å². The third-order valence-corrected chi connectivity index (χ3v) is 8.16. The molecule has 4 nitrogen and oxygen atoms in total. The molecule has 0 unspecified atom stereocenters. The topological polar surface area (TPSA) is 38.0 Å². The smallest absolute Gasteiger partial charge is 0.188 e. The molecule has 0 spiro atoms. The highest BCUT2D eigenvalue weighted by Crippen LogP contribution is 2.41. The van der Waals surface area contributed by atoms with Crippen LogP contribution in [0.1, 0.15) is 5.56 Å². The number of fused-ring (bicyclic) bond motifs is 6. The summed E-state index contributed by atoms with van der Waals surface area (Å²) in [6, 6.07) is 47.9. The minimum absolute atomic E-state index is 0.637. The van der Waals surface area contributed by atoms with Gasteiger partial charge in [-0.2, -0.15) is 5.26 Å². The molecule has 0 aliphatic heterocycles. The SMILES string of the molecule is [C-]#[N+]c1ccc2c(c1)c1ccccc1n2-c1cccc2c1c1ccccc1n2-c1cccc(-c2ccccc2C#N)c1. The Morgan fingerprint density at radius 3 is 2.10 bits per heavy atom. The van der Waals surface area contributed by atoms with Gasteiger partial charge in [0.15, 0.2) is 5.69 Å². The standard InChI is InChI=1S/C38H22N4/c1-40-27-20-21-35-32(23-27)30-14-4-6-16-33(30)42(35)37-19-9-18-36-38(37)31-15-5-7-17-34(31)41(36)28-12-8-11-25(22-28)29-13-3-2-10-26(29)24-39/h2-23H. The molecule has 0 aliphatic carbocycles. The van der Waals surface area contributed by atoms with E-state index in [0.29, 0.717) is 11.3 Å². The third-order valence-electron chi connectivity index (χ3n) is 8.16. The Balaban J connectivity index is 1.46. The van der Waals surface area contributed by atoms with Gasteiger partial charge >= 0.3 is 0 Å². The zero-order chi connectivity index (χ0) is 28.2. The summed E-state index contributed by atoms with van der Waals surface area (Å²) in [6.07, 6.45) is 0. The van der Waals surface area contributed by atoms with Crippen LogP contribution in [0.4, 0.5) is 5.69 Å². The van der Waals surface area contributed by atoms with Crippen molar-refractivity contribution < 1.29 is 0 Å². The van der Waals surface area contributed by atoms with Crippen LogP contribution < -0.4 is 0 Å². The first-order chi connectivity index (χ1) is 20.8. The lowest BCUT2D eigenvalue weighted by Crippen LogP contribution is -1.97. The molecular formula is C38H22N4. The maximum Gasteiger partial charge on any atom is 0.188 e. The number of benzene rings is 6. The van der Waals surface area contributed by atoms with Gasteiger partial charge in [0, 0.05) is 21.8 Å². The Bertz CT molecular complexity index is 2440. The Labute approximate surface area is 242 Å². The first-order valence-electron chi connectivity index (χ1n) is 13.8. The summed E-state index contributed by atoms with van der Waals surface area (Å²) in [4.78, 5) is 3.70. The molecular weight excluding hydrogens is 512 g/mol. The molecule has 42 heavy (non-hydrogen) atoms. The molecule has 2 aromatic heterocycles. The van der Waals surface area contributed by atoms with Crippen LogP contribution in [0, 0.1) is 17.9 Å². The van der Waals surface area contributed by atoms with E-state index >= 15 is 0 Å². The molecule has 0 atom stereocenters. The van der Waals surface area contributed by atoms with E-state index in [1.807, 2.05) is 36.4 Å². The number of hydrogen-bond donors (Lipinski definition) is 0. The number of rotatable bonds is 3. The number of nitrogens with zero attached hydrogens (tertiary/aromatic N) is 4. The summed E-state index contributed by atoms with van der Waals surface area (Å²) in [7, 11) is 0. The quantitative estimate of drug-likeness (QED) is 0.208. The van der Waals surface area contributed by atoms with Gasteiger partial charge < -0.3 is 9.13 Å². The van der Waals surface area contributed by atoms with E-state index in [9.17, 15) is 5.26 Å². The average molecular weight is 535 g/mol. The Morgan fingerprint density at radius 2 is 1.26 bits per heavy atom. The monoisotopic (exact) mass is 534 g/mol. The van der Waals surface area contributed by atoms with Crippen LogP contribution in [0.15, 0.2) is 133 Å². The highest BCUT2D eigenvalue weighted by Gasteiger charge is 2.19. The largest absolute Gasteiger partial charge is 0.309 e. The minimum atomic E-state index is 0.637. The molecule has 0 aliphatic rings. The van der Waals surface area contributed by atoms with Crippen molar-refractivity contribution in [2.75, 3.05) is 0 Å². The van der Waals surface area contributed by atoms with Crippen molar-refractivity contribution in [2.45, 2.75) is 0 Å². The van der Waals surface area contributed by atoms with Crippen molar-refractivity contribution in [1.29, 1.82) is 5.26 Å². The highest BCUT2D eigenvalue weighted by atomic mass is 15.0. The number of para-hydroxylation sites is 2. The van der Waals surface area contributed by atoms with E-state index in [1.165, 1.54) is 0 Å². The first kappa shape index (κ1) is 23.8. The van der Waals surface area contributed by atoms with Gasteiger partial charge in [0.05, 0.1) is 46.0 Å². The normalized spacial score (nSPS) is 11.3. The zero-order valence-electron chi connectivity index (χ0n) is 22.5. The molecule has 0 bridgehead atoms.